The lowest BCUT2D eigenvalue weighted by Crippen LogP contribution is -2.26. The number of para-hydroxylation sites is 2. The van der Waals surface area contributed by atoms with Crippen LogP contribution in [-0.4, -0.2) is 24.3 Å². The summed E-state index contributed by atoms with van der Waals surface area (Å²) in [4.78, 5) is 31.7. The normalized spacial score (nSPS) is 17.8. The van der Waals surface area contributed by atoms with E-state index in [4.69, 9.17) is 0 Å². The topological polar surface area (TPSA) is 49.7 Å². The molecule has 1 heterocycles. The summed E-state index contributed by atoms with van der Waals surface area (Å²) in [5.41, 5.74) is 4.78. The molecule has 0 unspecified atom stereocenters. The molecule has 2 aromatic carbocycles. The zero-order valence-corrected chi connectivity index (χ0v) is 14.0. The Labute approximate surface area is 145 Å². The van der Waals surface area contributed by atoms with Crippen LogP contribution in [0.15, 0.2) is 76.9 Å². The van der Waals surface area contributed by atoms with Gasteiger partial charge in [-0.2, -0.15) is 0 Å². The average Bonchev–Trinajstić information content (AvgIpc) is 2.62. The van der Waals surface area contributed by atoms with Gasteiger partial charge in [0.25, 0.3) is 0 Å². The van der Waals surface area contributed by atoms with E-state index in [0.717, 1.165) is 22.8 Å². The van der Waals surface area contributed by atoms with Gasteiger partial charge < -0.3 is 4.90 Å². The van der Waals surface area contributed by atoms with Crippen molar-refractivity contribution >= 4 is 28.7 Å². The van der Waals surface area contributed by atoms with Crippen molar-refractivity contribution in [2.24, 2.45) is 4.99 Å². The number of carbonyl (C=O) groups is 2. The quantitative estimate of drug-likeness (QED) is 0.791. The second-order valence-corrected chi connectivity index (χ2v) is 6.11. The van der Waals surface area contributed by atoms with Crippen molar-refractivity contribution in [3.8, 4) is 0 Å². The first-order chi connectivity index (χ1) is 12.1. The molecular formula is C21H16N2O2. The van der Waals surface area contributed by atoms with Crippen molar-refractivity contribution in [1.29, 1.82) is 0 Å². The second kappa shape index (κ2) is 5.67. The number of hydrogen-bond donors (Lipinski definition) is 0. The summed E-state index contributed by atoms with van der Waals surface area (Å²) in [6, 6.07) is 14.8. The largest absolute Gasteiger partial charge is 0.341 e. The summed E-state index contributed by atoms with van der Waals surface area (Å²) in [6.07, 6.45) is 3.17. The smallest absolute Gasteiger partial charge is 0.193 e. The highest BCUT2D eigenvalue weighted by Gasteiger charge is 2.26. The molecule has 4 nitrogen and oxygen atoms in total. The van der Waals surface area contributed by atoms with E-state index in [-0.39, 0.29) is 11.6 Å². The van der Waals surface area contributed by atoms with E-state index < -0.39 is 0 Å². The van der Waals surface area contributed by atoms with Crippen LogP contribution >= 0.6 is 0 Å². The summed E-state index contributed by atoms with van der Waals surface area (Å²) >= 11 is 0. The van der Waals surface area contributed by atoms with Crippen molar-refractivity contribution in [2.45, 2.75) is 6.92 Å². The second-order valence-electron chi connectivity index (χ2n) is 6.11. The lowest BCUT2D eigenvalue weighted by molar-refractivity contribution is 0.0987. The molecule has 0 radical (unpaired) electrons. The number of allylic oxidation sites excluding steroid dienone is 4. The Balaban J connectivity index is 1.80. The minimum absolute atomic E-state index is 0.136. The van der Waals surface area contributed by atoms with Crippen LogP contribution in [0.1, 0.15) is 27.6 Å². The molecule has 122 valence electrons. The molecule has 0 spiro atoms. The van der Waals surface area contributed by atoms with Gasteiger partial charge in [0.05, 0.1) is 22.8 Å². The molecule has 0 N–H and O–H groups in total. The van der Waals surface area contributed by atoms with Gasteiger partial charge in [0.1, 0.15) is 0 Å². The average molecular weight is 328 g/mol. The van der Waals surface area contributed by atoms with Crippen LogP contribution in [0.5, 0.6) is 0 Å². The van der Waals surface area contributed by atoms with Crippen LogP contribution in [-0.2, 0) is 0 Å². The SMILES string of the molecule is CC1=Nc2ccccc2N(C)/C1=C\C1=CC(=O)c2ccccc2C1=O. The van der Waals surface area contributed by atoms with Gasteiger partial charge in [-0.3, -0.25) is 9.59 Å². The van der Waals surface area contributed by atoms with Gasteiger partial charge in [0, 0.05) is 23.7 Å². The lowest BCUT2D eigenvalue weighted by Gasteiger charge is -2.28. The summed E-state index contributed by atoms with van der Waals surface area (Å²) in [7, 11) is 1.94. The molecule has 25 heavy (non-hydrogen) atoms. The number of fused-ring (bicyclic) bond motifs is 2. The van der Waals surface area contributed by atoms with Crippen molar-refractivity contribution in [2.75, 3.05) is 11.9 Å². The number of anilines is 1. The van der Waals surface area contributed by atoms with E-state index in [9.17, 15) is 9.59 Å². The van der Waals surface area contributed by atoms with Gasteiger partial charge in [-0.05, 0) is 31.2 Å². The van der Waals surface area contributed by atoms with Crippen LogP contribution < -0.4 is 4.90 Å². The van der Waals surface area contributed by atoms with Crippen molar-refractivity contribution in [3.63, 3.8) is 0 Å². The monoisotopic (exact) mass is 328 g/mol. The first kappa shape index (κ1) is 15.3. The van der Waals surface area contributed by atoms with E-state index in [1.807, 2.05) is 43.1 Å². The number of carbonyl (C=O) groups excluding carboxylic acids is 2. The fraction of sp³-hybridized carbons (Fsp3) is 0.0952. The Morgan fingerprint density at radius 3 is 2.44 bits per heavy atom. The molecule has 1 aliphatic heterocycles. The summed E-state index contributed by atoms with van der Waals surface area (Å²) in [5.74, 6) is -0.279. The highest BCUT2D eigenvalue weighted by molar-refractivity contribution is 6.26. The molecule has 4 heteroatoms. The van der Waals surface area contributed by atoms with Crippen molar-refractivity contribution < 1.29 is 9.59 Å². The van der Waals surface area contributed by atoms with Crippen LogP contribution in [0, 0.1) is 0 Å². The number of hydrogen-bond acceptors (Lipinski definition) is 4. The third kappa shape index (κ3) is 2.43. The number of ketones is 2. The Morgan fingerprint density at radius 2 is 1.64 bits per heavy atom. The standard InChI is InChI=1S/C21H16N2O2/c1-13-19(23(2)18-10-6-5-9-17(18)22-13)11-14-12-20(24)15-7-3-4-8-16(15)21(14)25/h3-12H,1-2H3/b19-11-. The number of aliphatic imine (C=N–C) groups is 1. The first-order valence-electron chi connectivity index (χ1n) is 8.06. The zero-order valence-electron chi connectivity index (χ0n) is 14.0. The molecule has 0 bridgehead atoms. The highest BCUT2D eigenvalue weighted by atomic mass is 16.1. The minimum Gasteiger partial charge on any atom is -0.341 e. The van der Waals surface area contributed by atoms with Gasteiger partial charge in [0.2, 0.25) is 0 Å². The van der Waals surface area contributed by atoms with E-state index in [2.05, 4.69) is 4.99 Å². The third-order valence-electron chi connectivity index (χ3n) is 4.54. The maximum atomic E-state index is 12.8. The molecule has 0 fully saturated rings. The van der Waals surface area contributed by atoms with Crippen LogP contribution in [0.25, 0.3) is 0 Å². The summed E-state index contributed by atoms with van der Waals surface area (Å²) < 4.78 is 0. The van der Waals surface area contributed by atoms with E-state index >= 15 is 0 Å². The van der Waals surface area contributed by atoms with E-state index in [1.54, 1.807) is 30.3 Å². The van der Waals surface area contributed by atoms with Crippen LogP contribution in [0.2, 0.25) is 0 Å². The first-order valence-corrected chi connectivity index (χ1v) is 8.06. The molecule has 4 rings (SSSR count). The molecule has 0 aromatic heterocycles. The van der Waals surface area contributed by atoms with E-state index in [1.165, 1.54) is 6.08 Å². The molecule has 1 aliphatic carbocycles. The molecule has 0 saturated heterocycles. The predicted octanol–water partition coefficient (Wildman–Crippen LogP) is 4.12. The number of rotatable bonds is 1. The molecular weight excluding hydrogens is 312 g/mol. The Morgan fingerprint density at radius 1 is 0.960 bits per heavy atom. The van der Waals surface area contributed by atoms with Crippen LogP contribution in [0.4, 0.5) is 11.4 Å². The maximum absolute atomic E-state index is 12.8. The van der Waals surface area contributed by atoms with Crippen molar-refractivity contribution in [1.82, 2.24) is 0 Å². The molecule has 0 amide bonds. The molecule has 0 atom stereocenters. The third-order valence-corrected chi connectivity index (χ3v) is 4.54. The van der Waals surface area contributed by atoms with Gasteiger partial charge >= 0.3 is 0 Å². The van der Waals surface area contributed by atoms with Gasteiger partial charge in [-0.1, -0.05) is 36.4 Å². The highest BCUT2D eigenvalue weighted by Crippen LogP contribution is 2.35. The van der Waals surface area contributed by atoms with Gasteiger partial charge in [-0.25, -0.2) is 4.99 Å². The molecule has 2 aromatic rings. The van der Waals surface area contributed by atoms with Crippen molar-refractivity contribution in [3.05, 3.63) is 83.1 Å². The number of benzene rings is 2. The predicted molar refractivity (Wildman–Crippen MR) is 98.9 cm³/mol. The summed E-state index contributed by atoms with van der Waals surface area (Å²) in [5, 5.41) is 0. The fourth-order valence-electron chi connectivity index (χ4n) is 3.24. The number of nitrogens with zero attached hydrogens (tertiary/aromatic N) is 2. The Kier molecular flexibility index (Phi) is 3.46. The summed E-state index contributed by atoms with van der Waals surface area (Å²) in [6.45, 7) is 1.90. The Hall–Kier alpha value is -3.27. The zero-order chi connectivity index (χ0) is 17.6. The maximum Gasteiger partial charge on any atom is 0.193 e. The molecule has 2 aliphatic rings. The van der Waals surface area contributed by atoms with Crippen LogP contribution in [0.3, 0.4) is 0 Å². The fourth-order valence-corrected chi connectivity index (χ4v) is 3.24. The van der Waals surface area contributed by atoms with Gasteiger partial charge in [0.15, 0.2) is 11.6 Å². The van der Waals surface area contributed by atoms with Gasteiger partial charge in [-0.15, -0.1) is 0 Å². The van der Waals surface area contributed by atoms with E-state index in [0.29, 0.717) is 16.7 Å². The Bertz CT molecular complexity index is 1010. The lowest BCUT2D eigenvalue weighted by atomic mass is 9.89. The number of Topliss-reactive ketones (excluding diaryl/α,β-unsaturated/α-hetero) is 1. The molecule has 0 saturated carbocycles. The minimum atomic E-state index is -0.143.